The molecule has 2 aromatic rings. The molecule has 2 atom stereocenters. The topological polar surface area (TPSA) is 44.1 Å². The molecule has 7 heteroatoms. The Morgan fingerprint density at radius 1 is 1.00 bits per heavy atom. The summed E-state index contributed by atoms with van der Waals surface area (Å²) >= 11 is 24.8. The Bertz CT molecular complexity index is 931. The summed E-state index contributed by atoms with van der Waals surface area (Å²) in [4.78, 5) is 15.0. The Morgan fingerprint density at radius 3 is 2.00 bits per heavy atom. The zero-order valence-electron chi connectivity index (χ0n) is 15.9. The molecular formula is C21H20Cl4N2O. The van der Waals surface area contributed by atoms with E-state index in [0.29, 0.717) is 31.3 Å². The Hall–Kier alpha value is -1.44. The maximum atomic E-state index is 13.5. The standard InChI is InChI=1S/C21H20Cl4N2O/c1-12(15-7-5-13(22)9-17(15)24)27(19-8-6-14(23)10-18(19)25)20(28)16(11-26)21(2,3)4/h5-10,12,16H,1-4H3. The van der Waals surface area contributed by atoms with E-state index >= 15 is 0 Å². The third-order valence-electron chi connectivity index (χ3n) is 4.45. The number of hydrogen-bond donors (Lipinski definition) is 0. The summed E-state index contributed by atoms with van der Waals surface area (Å²) < 4.78 is 0. The van der Waals surface area contributed by atoms with E-state index in [1.165, 1.54) is 4.90 Å². The zero-order valence-corrected chi connectivity index (χ0v) is 19.0. The van der Waals surface area contributed by atoms with Gasteiger partial charge in [0.1, 0.15) is 5.92 Å². The number of rotatable bonds is 4. The highest BCUT2D eigenvalue weighted by Gasteiger charge is 2.38. The summed E-state index contributed by atoms with van der Waals surface area (Å²) in [5, 5.41) is 11.4. The van der Waals surface area contributed by atoms with E-state index in [0.717, 1.165) is 0 Å². The number of benzene rings is 2. The normalized spacial score (nSPS) is 13.5. The fraction of sp³-hybridized carbons (Fsp3) is 0.333. The second-order valence-corrected chi connectivity index (χ2v) is 9.26. The van der Waals surface area contributed by atoms with Crippen molar-refractivity contribution >= 4 is 58.0 Å². The van der Waals surface area contributed by atoms with Crippen molar-refractivity contribution in [3.05, 3.63) is 62.1 Å². The van der Waals surface area contributed by atoms with E-state index in [2.05, 4.69) is 6.07 Å². The highest BCUT2D eigenvalue weighted by molar-refractivity contribution is 6.37. The smallest absolute Gasteiger partial charge is 0.245 e. The lowest BCUT2D eigenvalue weighted by atomic mass is 9.80. The molecule has 0 saturated carbocycles. The molecule has 0 aliphatic rings. The van der Waals surface area contributed by atoms with Crippen LogP contribution in [0.3, 0.4) is 0 Å². The van der Waals surface area contributed by atoms with Crippen LogP contribution in [0.1, 0.15) is 39.3 Å². The number of nitriles is 1. The van der Waals surface area contributed by atoms with E-state index in [1.54, 1.807) is 36.4 Å². The average molecular weight is 458 g/mol. The van der Waals surface area contributed by atoms with Crippen LogP contribution in [0.5, 0.6) is 0 Å². The predicted octanol–water partition coefficient (Wildman–Crippen LogP) is 7.58. The largest absolute Gasteiger partial charge is 0.302 e. The number of amides is 1. The van der Waals surface area contributed by atoms with Crippen molar-refractivity contribution in [1.82, 2.24) is 0 Å². The van der Waals surface area contributed by atoms with Gasteiger partial charge in [-0.15, -0.1) is 0 Å². The monoisotopic (exact) mass is 456 g/mol. The Morgan fingerprint density at radius 2 is 1.54 bits per heavy atom. The van der Waals surface area contributed by atoms with E-state index in [-0.39, 0.29) is 5.91 Å². The van der Waals surface area contributed by atoms with Gasteiger partial charge in [0.25, 0.3) is 0 Å². The average Bonchev–Trinajstić information content (AvgIpc) is 2.56. The van der Waals surface area contributed by atoms with Crippen molar-refractivity contribution in [3.63, 3.8) is 0 Å². The molecule has 0 fully saturated rings. The van der Waals surface area contributed by atoms with Crippen LogP contribution in [0.25, 0.3) is 0 Å². The Labute approximate surface area is 185 Å². The first-order valence-electron chi connectivity index (χ1n) is 8.60. The maximum Gasteiger partial charge on any atom is 0.245 e. The van der Waals surface area contributed by atoms with Crippen molar-refractivity contribution in [1.29, 1.82) is 5.26 Å². The number of carbonyl (C=O) groups excluding carboxylic acids is 1. The first-order valence-corrected chi connectivity index (χ1v) is 10.1. The molecule has 1 amide bonds. The van der Waals surface area contributed by atoms with Crippen LogP contribution in [0.4, 0.5) is 5.69 Å². The number of nitrogens with zero attached hydrogens (tertiary/aromatic N) is 2. The van der Waals surface area contributed by atoms with Crippen LogP contribution in [-0.2, 0) is 4.79 Å². The lowest BCUT2D eigenvalue weighted by molar-refractivity contribution is -0.123. The molecule has 2 rings (SSSR count). The summed E-state index contributed by atoms with van der Waals surface area (Å²) in [5.74, 6) is -1.24. The van der Waals surface area contributed by atoms with Gasteiger partial charge in [0.05, 0.1) is 22.8 Å². The van der Waals surface area contributed by atoms with Gasteiger partial charge in [0.15, 0.2) is 0 Å². The van der Waals surface area contributed by atoms with Gasteiger partial charge in [-0.2, -0.15) is 5.26 Å². The van der Waals surface area contributed by atoms with Crippen molar-refractivity contribution in [2.75, 3.05) is 4.90 Å². The zero-order chi connectivity index (χ0) is 21.2. The molecular weight excluding hydrogens is 438 g/mol. The van der Waals surface area contributed by atoms with Crippen molar-refractivity contribution in [3.8, 4) is 6.07 Å². The van der Waals surface area contributed by atoms with E-state index in [9.17, 15) is 10.1 Å². The Balaban J connectivity index is 2.65. The quantitative estimate of drug-likeness (QED) is 0.474. The second-order valence-electron chi connectivity index (χ2n) is 7.57. The van der Waals surface area contributed by atoms with Gasteiger partial charge in [-0.25, -0.2) is 0 Å². The summed E-state index contributed by atoms with van der Waals surface area (Å²) in [5.41, 5.74) is 0.585. The molecule has 2 aromatic carbocycles. The highest BCUT2D eigenvalue weighted by atomic mass is 35.5. The van der Waals surface area contributed by atoms with Gasteiger partial charge >= 0.3 is 0 Å². The lowest BCUT2D eigenvalue weighted by Crippen LogP contribution is -2.42. The lowest BCUT2D eigenvalue weighted by Gasteiger charge is -2.35. The molecule has 0 aliphatic carbocycles. The third kappa shape index (κ3) is 4.93. The second kappa shape index (κ2) is 8.93. The minimum absolute atomic E-state index is 0.309. The van der Waals surface area contributed by atoms with Gasteiger partial charge in [0, 0.05) is 15.1 Å². The fourth-order valence-electron chi connectivity index (χ4n) is 2.93. The van der Waals surface area contributed by atoms with Crippen LogP contribution in [0.15, 0.2) is 36.4 Å². The van der Waals surface area contributed by atoms with Crippen molar-refractivity contribution in [2.24, 2.45) is 11.3 Å². The molecule has 0 aliphatic heterocycles. The summed E-state index contributed by atoms with van der Waals surface area (Å²) in [6, 6.07) is 11.6. The SMILES string of the molecule is CC(c1ccc(Cl)cc1Cl)N(C(=O)C(C#N)C(C)(C)C)c1ccc(Cl)cc1Cl. The van der Waals surface area contributed by atoms with Gasteiger partial charge in [0.2, 0.25) is 5.91 Å². The first-order chi connectivity index (χ1) is 13.0. The fourth-order valence-corrected chi connectivity index (χ4v) is 4.00. The van der Waals surface area contributed by atoms with Gasteiger partial charge in [-0.3, -0.25) is 4.79 Å². The molecule has 0 heterocycles. The third-order valence-corrected chi connectivity index (χ3v) is 5.55. The van der Waals surface area contributed by atoms with E-state index in [4.69, 9.17) is 46.4 Å². The minimum Gasteiger partial charge on any atom is -0.302 e. The molecule has 148 valence electrons. The predicted molar refractivity (Wildman–Crippen MR) is 117 cm³/mol. The number of halogens is 4. The van der Waals surface area contributed by atoms with Gasteiger partial charge < -0.3 is 4.90 Å². The minimum atomic E-state index is -0.882. The summed E-state index contributed by atoms with van der Waals surface area (Å²) in [6.45, 7) is 7.37. The number of anilines is 1. The molecule has 3 nitrogen and oxygen atoms in total. The van der Waals surface area contributed by atoms with Crippen LogP contribution in [0.2, 0.25) is 20.1 Å². The van der Waals surface area contributed by atoms with E-state index in [1.807, 2.05) is 27.7 Å². The van der Waals surface area contributed by atoms with Crippen LogP contribution in [-0.4, -0.2) is 5.91 Å². The molecule has 0 bridgehead atoms. The van der Waals surface area contributed by atoms with Crippen LogP contribution >= 0.6 is 46.4 Å². The number of hydrogen-bond acceptors (Lipinski definition) is 2. The summed E-state index contributed by atoms with van der Waals surface area (Å²) in [6.07, 6.45) is 0. The van der Waals surface area contributed by atoms with Crippen LogP contribution < -0.4 is 4.90 Å². The number of carbonyl (C=O) groups is 1. The highest BCUT2D eigenvalue weighted by Crippen LogP contribution is 2.40. The molecule has 0 N–H and O–H groups in total. The molecule has 0 aromatic heterocycles. The van der Waals surface area contributed by atoms with Gasteiger partial charge in [-0.1, -0.05) is 73.2 Å². The van der Waals surface area contributed by atoms with E-state index < -0.39 is 17.4 Å². The Kier molecular flexibility index (Phi) is 7.28. The molecule has 2 unspecified atom stereocenters. The molecule has 0 spiro atoms. The van der Waals surface area contributed by atoms with Crippen molar-refractivity contribution < 1.29 is 4.79 Å². The summed E-state index contributed by atoms with van der Waals surface area (Å²) in [7, 11) is 0. The first kappa shape index (κ1) is 22.8. The van der Waals surface area contributed by atoms with Crippen molar-refractivity contribution in [2.45, 2.75) is 33.7 Å². The molecule has 0 radical (unpaired) electrons. The molecule has 0 saturated heterocycles. The molecule has 28 heavy (non-hydrogen) atoms. The maximum absolute atomic E-state index is 13.5. The van der Waals surface area contributed by atoms with Gasteiger partial charge in [-0.05, 0) is 48.2 Å². The van der Waals surface area contributed by atoms with Crippen LogP contribution in [0, 0.1) is 22.7 Å².